The molecule has 3 rings (SSSR count). The first-order valence-electron chi connectivity index (χ1n) is 8.14. The van der Waals surface area contributed by atoms with Gasteiger partial charge in [0.2, 0.25) is 5.91 Å². The summed E-state index contributed by atoms with van der Waals surface area (Å²) < 4.78 is 0. The van der Waals surface area contributed by atoms with Crippen molar-refractivity contribution < 1.29 is 4.79 Å². The summed E-state index contributed by atoms with van der Waals surface area (Å²) in [5, 5.41) is 6.57. The van der Waals surface area contributed by atoms with Gasteiger partial charge in [-0.15, -0.1) is 0 Å². The van der Waals surface area contributed by atoms with Crippen LogP contribution in [0.1, 0.15) is 38.5 Å². The molecule has 114 valence electrons. The van der Waals surface area contributed by atoms with Crippen molar-refractivity contribution >= 4 is 17.3 Å². The van der Waals surface area contributed by atoms with Gasteiger partial charge in [0.25, 0.3) is 0 Å². The first-order chi connectivity index (χ1) is 10.3. The molecule has 1 aromatic rings. The third kappa shape index (κ3) is 3.76. The molecule has 2 atom stereocenters. The SMILES string of the molecule is NCC1CCCCC1Nc1ccc(NC(=O)C2CC2)cc1. The average molecular weight is 287 g/mol. The number of carbonyl (C=O) groups excluding carboxylic acids is 1. The second kappa shape index (κ2) is 6.48. The fraction of sp³-hybridized carbons (Fsp3) is 0.588. The Kier molecular flexibility index (Phi) is 4.44. The number of hydrogen-bond donors (Lipinski definition) is 3. The van der Waals surface area contributed by atoms with Crippen LogP contribution in [-0.4, -0.2) is 18.5 Å². The van der Waals surface area contributed by atoms with E-state index < -0.39 is 0 Å². The number of anilines is 2. The van der Waals surface area contributed by atoms with Crippen LogP contribution < -0.4 is 16.4 Å². The summed E-state index contributed by atoms with van der Waals surface area (Å²) >= 11 is 0. The Morgan fingerprint density at radius 2 is 1.71 bits per heavy atom. The molecule has 21 heavy (non-hydrogen) atoms. The summed E-state index contributed by atoms with van der Waals surface area (Å²) in [4.78, 5) is 11.7. The molecule has 0 heterocycles. The molecule has 1 aromatic carbocycles. The fourth-order valence-corrected chi connectivity index (χ4v) is 3.13. The van der Waals surface area contributed by atoms with E-state index in [1.54, 1.807) is 0 Å². The van der Waals surface area contributed by atoms with Crippen molar-refractivity contribution in [2.75, 3.05) is 17.2 Å². The van der Waals surface area contributed by atoms with E-state index in [9.17, 15) is 4.79 Å². The van der Waals surface area contributed by atoms with E-state index in [4.69, 9.17) is 5.73 Å². The Morgan fingerprint density at radius 1 is 1.05 bits per heavy atom. The molecule has 4 heteroatoms. The minimum Gasteiger partial charge on any atom is -0.382 e. The number of rotatable bonds is 5. The quantitative estimate of drug-likeness (QED) is 0.780. The van der Waals surface area contributed by atoms with E-state index in [0.717, 1.165) is 30.8 Å². The molecule has 2 fully saturated rings. The highest BCUT2D eigenvalue weighted by atomic mass is 16.2. The van der Waals surface area contributed by atoms with Crippen LogP contribution in [0.5, 0.6) is 0 Å². The van der Waals surface area contributed by atoms with Gasteiger partial charge < -0.3 is 16.4 Å². The lowest BCUT2D eigenvalue weighted by molar-refractivity contribution is -0.117. The van der Waals surface area contributed by atoms with Gasteiger partial charge in [0.1, 0.15) is 0 Å². The number of benzene rings is 1. The van der Waals surface area contributed by atoms with Crippen molar-refractivity contribution in [1.29, 1.82) is 0 Å². The Morgan fingerprint density at radius 3 is 2.38 bits per heavy atom. The van der Waals surface area contributed by atoms with Gasteiger partial charge in [0.05, 0.1) is 0 Å². The van der Waals surface area contributed by atoms with E-state index in [-0.39, 0.29) is 11.8 Å². The van der Waals surface area contributed by atoms with Gasteiger partial charge >= 0.3 is 0 Å². The van der Waals surface area contributed by atoms with Gasteiger partial charge in [-0.3, -0.25) is 4.79 Å². The predicted molar refractivity (Wildman–Crippen MR) is 86.2 cm³/mol. The molecule has 2 aliphatic rings. The molecule has 1 amide bonds. The molecule has 4 nitrogen and oxygen atoms in total. The zero-order valence-corrected chi connectivity index (χ0v) is 12.5. The van der Waals surface area contributed by atoms with E-state index in [0.29, 0.717) is 12.0 Å². The lowest BCUT2D eigenvalue weighted by Gasteiger charge is -2.32. The molecular formula is C17H25N3O. The van der Waals surface area contributed by atoms with Gasteiger partial charge in [0.15, 0.2) is 0 Å². The van der Waals surface area contributed by atoms with Crippen molar-refractivity contribution in [2.45, 2.75) is 44.6 Å². The number of nitrogens with one attached hydrogen (secondary N) is 2. The standard InChI is InChI=1S/C17H25N3O/c18-11-13-3-1-2-4-16(13)19-14-7-9-15(10-8-14)20-17(21)12-5-6-12/h7-10,12-13,16,19H,1-6,11,18H2,(H,20,21). The van der Waals surface area contributed by atoms with Crippen molar-refractivity contribution in [3.8, 4) is 0 Å². The minimum atomic E-state index is 0.159. The first-order valence-corrected chi connectivity index (χ1v) is 8.14. The minimum absolute atomic E-state index is 0.159. The molecular weight excluding hydrogens is 262 g/mol. The number of hydrogen-bond acceptors (Lipinski definition) is 3. The molecule has 0 radical (unpaired) electrons. The molecule has 2 unspecified atom stereocenters. The highest BCUT2D eigenvalue weighted by Gasteiger charge is 2.29. The highest BCUT2D eigenvalue weighted by Crippen LogP contribution is 2.30. The van der Waals surface area contributed by atoms with Crippen LogP contribution in [0, 0.1) is 11.8 Å². The third-order valence-electron chi connectivity index (χ3n) is 4.66. The van der Waals surface area contributed by atoms with E-state index >= 15 is 0 Å². The molecule has 0 bridgehead atoms. The van der Waals surface area contributed by atoms with Crippen LogP contribution >= 0.6 is 0 Å². The summed E-state index contributed by atoms with van der Waals surface area (Å²) in [5.41, 5.74) is 7.87. The van der Waals surface area contributed by atoms with Crippen LogP contribution in [0.2, 0.25) is 0 Å². The normalized spacial score (nSPS) is 25.4. The average Bonchev–Trinajstić information content (AvgIpc) is 3.34. The maximum absolute atomic E-state index is 11.7. The third-order valence-corrected chi connectivity index (χ3v) is 4.66. The summed E-state index contributed by atoms with van der Waals surface area (Å²) in [5.74, 6) is 0.981. The Bertz CT molecular complexity index is 481. The molecule has 2 saturated carbocycles. The van der Waals surface area contributed by atoms with Crippen molar-refractivity contribution in [3.63, 3.8) is 0 Å². The number of nitrogens with two attached hydrogens (primary N) is 1. The maximum atomic E-state index is 11.7. The number of carbonyl (C=O) groups is 1. The van der Waals surface area contributed by atoms with Gasteiger partial charge in [-0.2, -0.15) is 0 Å². The van der Waals surface area contributed by atoms with Crippen molar-refractivity contribution in [3.05, 3.63) is 24.3 Å². The zero-order chi connectivity index (χ0) is 14.7. The molecule has 0 aliphatic heterocycles. The molecule has 0 spiro atoms. The van der Waals surface area contributed by atoms with E-state index in [2.05, 4.69) is 10.6 Å². The second-order valence-electron chi connectivity index (χ2n) is 6.37. The fourth-order valence-electron chi connectivity index (χ4n) is 3.13. The van der Waals surface area contributed by atoms with E-state index in [1.807, 2.05) is 24.3 Å². The van der Waals surface area contributed by atoms with Gasteiger partial charge in [-0.25, -0.2) is 0 Å². The van der Waals surface area contributed by atoms with Gasteiger partial charge in [0, 0.05) is 23.3 Å². The van der Waals surface area contributed by atoms with Crippen LogP contribution in [0.25, 0.3) is 0 Å². The van der Waals surface area contributed by atoms with Crippen LogP contribution in [-0.2, 0) is 4.79 Å². The van der Waals surface area contributed by atoms with Gasteiger partial charge in [-0.1, -0.05) is 12.8 Å². The zero-order valence-electron chi connectivity index (χ0n) is 12.5. The summed E-state index contributed by atoms with van der Waals surface area (Å²) in [6.07, 6.45) is 7.07. The smallest absolute Gasteiger partial charge is 0.227 e. The Hall–Kier alpha value is -1.55. The lowest BCUT2D eigenvalue weighted by Crippen LogP contribution is -2.36. The number of amides is 1. The second-order valence-corrected chi connectivity index (χ2v) is 6.37. The predicted octanol–water partition coefficient (Wildman–Crippen LogP) is 2.96. The monoisotopic (exact) mass is 287 g/mol. The molecule has 2 aliphatic carbocycles. The highest BCUT2D eigenvalue weighted by molar-refractivity contribution is 5.94. The summed E-state index contributed by atoms with van der Waals surface area (Å²) in [6, 6.07) is 8.52. The van der Waals surface area contributed by atoms with Crippen molar-refractivity contribution in [2.24, 2.45) is 17.6 Å². The largest absolute Gasteiger partial charge is 0.382 e. The Labute approximate surface area is 126 Å². The molecule has 4 N–H and O–H groups in total. The van der Waals surface area contributed by atoms with Gasteiger partial charge in [-0.05, 0) is 62.4 Å². The van der Waals surface area contributed by atoms with Crippen LogP contribution in [0.3, 0.4) is 0 Å². The molecule has 0 saturated heterocycles. The van der Waals surface area contributed by atoms with E-state index in [1.165, 1.54) is 25.7 Å². The lowest BCUT2D eigenvalue weighted by atomic mass is 9.84. The maximum Gasteiger partial charge on any atom is 0.227 e. The summed E-state index contributed by atoms with van der Waals surface area (Å²) in [7, 11) is 0. The topological polar surface area (TPSA) is 67.2 Å². The molecule has 0 aromatic heterocycles. The Balaban J connectivity index is 1.57. The van der Waals surface area contributed by atoms with Crippen molar-refractivity contribution in [1.82, 2.24) is 0 Å². The van der Waals surface area contributed by atoms with Crippen LogP contribution in [0.4, 0.5) is 11.4 Å². The summed E-state index contributed by atoms with van der Waals surface area (Å²) in [6.45, 7) is 0.757. The first kappa shape index (κ1) is 14.4. The van der Waals surface area contributed by atoms with Crippen LogP contribution in [0.15, 0.2) is 24.3 Å².